The first-order chi connectivity index (χ1) is 15.3. The first-order valence-corrected chi connectivity index (χ1v) is 12.3. The number of morpholine rings is 1. The van der Waals surface area contributed by atoms with Gasteiger partial charge in [-0.1, -0.05) is 48.5 Å². The molecule has 0 aromatic carbocycles. The second kappa shape index (κ2) is 11.3. The number of hydrogen-bond acceptors (Lipinski definition) is 10. The van der Waals surface area contributed by atoms with Gasteiger partial charge < -0.3 is 18.9 Å². The van der Waals surface area contributed by atoms with Crippen LogP contribution in [0.25, 0.3) is 0 Å². The van der Waals surface area contributed by atoms with Crippen molar-refractivity contribution in [2.45, 2.75) is 11.0 Å². The molecule has 2 aromatic rings. The summed E-state index contributed by atoms with van der Waals surface area (Å²) in [6, 6.07) is 1.26. The molecule has 14 heteroatoms. The summed E-state index contributed by atoms with van der Waals surface area (Å²) in [6.45, 7) is 7.88. The van der Waals surface area contributed by atoms with Crippen LogP contribution in [0.3, 0.4) is 0 Å². The SMILES string of the molecule is C=CCOc1nc(OCC=C)nc(OCC2CN(S(=O)(=O)c3cc(Cl)sc3Cl)CCO2)n1. The number of rotatable bonds is 11. The average molecular weight is 523 g/mol. The lowest BCUT2D eigenvalue weighted by atomic mass is 10.3. The van der Waals surface area contributed by atoms with Crippen LogP contribution in [0.4, 0.5) is 0 Å². The molecular formula is C18H20Cl2N4O6S2. The molecule has 3 rings (SSSR count). The monoisotopic (exact) mass is 522 g/mol. The van der Waals surface area contributed by atoms with Crippen molar-refractivity contribution in [2.24, 2.45) is 0 Å². The molecule has 3 heterocycles. The number of nitrogens with zero attached hydrogens (tertiary/aromatic N) is 4. The van der Waals surface area contributed by atoms with Gasteiger partial charge in [-0.05, 0) is 6.07 Å². The van der Waals surface area contributed by atoms with Crippen LogP contribution >= 0.6 is 34.5 Å². The van der Waals surface area contributed by atoms with Crippen LogP contribution in [-0.4, -0.2) is 73.3 Å². The van der Waals surface area contributed by atoms with Crippen LogP contribution in [0.5, 0.6) is 18.0 Å². The van der Waals surface area contributed by atoms with E-state index in [1.807, 2.05) is 0 Å². The highest BCUT2D eigenvalue weighted by Crippen LogP contribution is 2.36. The zero-order valence-corrected chi connectivity index (χ0v) is 19.9. The van der Waals surface area contributed by atoms with E-state index in [1.54, 1.807) is 0 Å². The maximum atomic E-state index is 12.9. The molecule has 1 aliphatic heterocycles. The predicted octanol–water partition coefficient (Wildman–Crippen LogP) is 2.84. The van der Waals surface area contributed by atoms with E-state index in [4.69, 9.17) is 42.1 Å². The Bertz CT molecular complexity index is 1040. The van der Waals surface area contributed by atoms with Gasteiger partial charge in [0.1, 0.15) is 35.2 Å². The summed E-state index contributed by atoms with van der Waals surface area (Å²) in [5.74, 6) is 0. The highest BCUT2D eigenvalue weighted by Gasteiger charge is 2.33. The summed E-state index contributed by atoms with van der Waals surface area (Å²) < 4.78 is 49.5. The van der Waals surface area contributed by atoms with Gasteiger partial charge in [0.25, 0.3) is 0 Å². The van der Waals surface area contributed by atoms with E-state index in [-0.39, 0.29) is 66.8 Å². The number of hydrogen-bond donors (Lipinski definition) is 0. The van der Waals surface area contributed by atoms with Crippen molar-refractivity contribution < 1.29 is 27.4 Å². The fraction of sp³-hybridized carbons (Fsp3) is 0.389. The minimum Gasteiger partial charge on any atom is -0.460 e. The molecule has 0 spiro atoms. The lowest BCUT2D eigenvalue weighted by molar-refractivity contribution is -0.0267. The maximum absolute atomic E-state index is 12.9. The Morgan fingerprint density at radius 1 is 1.12 bits per heavy atom. The van der Waals surface area contributed by atoms with E-state index in [1.165, 1.54) is 22.5 Å². The molecular weight excluding hydrogens is 503 g/mol. The average Bonchev–Trinajstić information content (AvgIpc) is 3.13. The Labute approximate surface area is 199 Å². The second-order valence-corrected chi connectivity index (χ2v) is 10.4. The molecule has 1 unspecified atom stereocenters. The third-order valence-electron chi connectivity index (χ3n) is 3.98. The molecule has 2 aromatic heterocycles. The lowest BCUT2D eigenvalue weighted by Gasteiger charge is -2.31. The summed E-state index contributed by atoms with van der Waals surface area (Å²) in [7, 11) is -3.83. The Morgan fingerprint density at radius 3 is 2.25 bits per heavy atom. The Hall–Kier alpha value is -1.96. The molecule has 1 fully saturated rings. The van der Waals surface area contributed by atoms with E-state index < -0.39 is 16.1 Å². The molecule has 0 aliphatic carbocycles. The predicted molar refractivity (Wildman–Crippen MR) is 120 cm³/mol. The summed E-state index contributed by atoms with van der Waals surface area (Å²) in [5.41, 5.74) is 0. The zero-order chi connectivity index (χ0) is 23.1. The number of sulfonamides is 1. The molecule has 0 saturated carbocycles. The van der Waals surface area contributed by atoms with E-state index >= 15 is 0 Å². The molecule has 32 heavy (non-hydrogen) atoms. The molecule has 1 saturated heterocycles. The molecule has 0 radical (unpaired) electrons. The Kier molecular flexibility index (Phi) is 8.68. The van der Waals surface area contributed by atoms with Gasteiger partial charge >= 0.3 is 18.0 Å². The number of thiophene rings is 1. The molecule has 10 nitrogen and oxygen atoms in total. The number of halogens is 2. The van der Waals surface area contributed by atoms with Gasteiger partial charge in [0.15, 0.2) is 0 Å². The fourth-order valence-electron chi connectivity index (χ4n) is 2.60. The van der Waals surface area contributed by atoms with Crippen molar-refractivity contribution in [1.29, 1.82) is 0 Å². The van der Waals surface area contributed by atoms with Crippen molar-refractivity contribution >= 4 is 44.6 Å². The second-order valence-electron chi connectivity index (χ2n) is 6.24. The summed E-state index contributed by atoms with van der Waals surface area (Å²) >= 11 is 12.9. The quantitative estimate of drug-likeness (QED) is 0.411. The van der Waals surface area contributed by atoms with Crippen LogP contribution in [0, 0.1) is 0 Å². The highest BCUT2D eigenvalue weighted by atomic mass is 35.5. The number of aromatic nitrogens is 3. The summed E-state index contributed by atoms with van der Waals surface area (Å²) in [6.07, 6.45) is 2.50. The smallest absolute Gasteiger partial charge is 0.326 e. The Morgan fingerprint density at radius 2 is 1.72 bits per heavy atom. The van der Waals surface area contributed by atoms with Crippen LogP contribution < -0.4 is 14.2 Å². The standard InChI is InChI=1S/C18H20Cl2N4O6S2/c1-3-6-28-16-21-17(29-7-4-2)23-18(22-16)30-11-12-10-24(5-8-27-12)32(25,26)13-9-14(19)31-15(13)20/h3-4,9,12H,1-2,5-8,10-11H2. The first kappa shape index (κ1) is 24.7. The fourth-order valence-corrected chi connectivity index (χ4v) is 6.17. The van der Waals surface area contributed by atoms with Gasteiger partial charge in [-0.2, -0.15) is 4.31 Å². The van der Waals surface area contributed by atoms with Crippen molar-refractivity contribution in [3.8, 4) is 18.0 Å². The van der Waals surface area contributed by atoms with Gasteiger partial charge in [-0.25, -0.2) is 8.42 Å². The molecule has 0 bridgehead atoms. The maximum Gasteiger partial charge on any atom is 0.326 e. The van der Waals surface area contributed by atoms with Crippen molar-refractivity contribution in [3.05, 3.63) is 40.0 Å². The zero-order valence-electron chi connectivity index (χ0n) is 16.8. The van der Waals surface area contributed by atoms with Crippen molar-refractivity contribution in [3.63, 3.8) is 0 Å². The van der Waals surface area contributed by atoms with Crippen LogP contribution in [0.1, 0.15) is 0 Å². The Balaban J connectivity index is 1.68. The third kappa shape index (κ3) is 6.30. The molecule has 1 atom stereocenters. The third-order valence-corrected chi connectivity index (χ3v) is 7.60. The summed E-state index contributed by atoms with van der Waals surface area (Å²) in [5, 5.41) is 0. The minimum absolute atomic E-state index is 0.00768. The largest absolute Gasteiger partial charge is 0.460 e. The molecule has 0 amide bonds. The molecule has 0 N–H and O–H groups in total. The van der Waals surface area contributed by atoms with Gasteiger partial charge in [-0.15, -0.1) is 26.3 Å². The van der Waals surface area contributed by atoms with Gasteiger partial charge in [0.05, 0.1) is 10.9 Å². The minimum atomic E-state index is -3.83. The van der Waals surface area contributed by atoms with Crippen LogP contribution in [-0.2, 0) is 14.8 Å². The normalized spacial score (nSPS) is 17.0. The first-order valence-electron chi connectivity index (χ1n) is 9.26. The van der Waals surface area contributed by atoms with E-state index in [0.717, 1.165) is 11.3 Å². The van der Waals surface area contributed by atoms with Crippen LogP contribution in [0.15, 0.2) is 36.3 Å². The van der Waals surface area contributed by atoms with Gasteiger partial charge in [0.2, 0.25) is 10.0 Å². The summed E-state index contributed by atoms with van der Waals surface area (Å²) in [4.78, 5) is 12.1. The van der Waals surface area contributed by atoms with Gasteiger partial charge in [-0.3, -0.25) is 0 Å². The van der Waals surface area contributed by atoms with E-state index in [0.29, 0.717) is 4.34 Å². The van der Waals surface area contributed by atoms with Crippen molar-refractivity contribution in [2.75, 3.05) is 39.5 Å². The van der Waals surface area contributed by atoms with Crippen molar-refractivity contribution in [1.82, 2.24) is 19.3 Å². The molecule has 174 valence electrons. The van der Waals surface area contributed by atoms with Gasteiger partial charge in [0, 0.05) is 13.1 Å². The van der Waals surface area contributed by atoms with E-state index in [9.17, 15) is 8.42 Å². The number of ether oxygens (including phenoxy) is 4. The van der Waals surface area contributed by atoms with Crippen LogP contribution in [0.2, 0.25) is 8.67 Å². The molecule has 1 aliphatic rings. The topological polar surface area (TPSA) is 113 Å². The lowest BCUT2D eigenvalue weighted by Crippen LogP contribution is -2.47. The van der Waals surface area contributed by atoms with E-state index in [2.05, 4.69) is 28.1 Å². The highest BCUT2D eigenvalue weighted by molar-refractivity contribution is 7.89.